The number of urea groups is 1. The summed E-state index contributed by atoms with van der Waals surface area (Å²) in [5.74, 6) is -0.896. The molecule has 6 heteroatoms. The Morgan fingerprint density at radius 3 is 2.30 bits per heavy atom. The summed E-state index contributed by atoms with van der Waals surface area (Å²) in [5.41, 5.74) is -0.0294. The molecule has 0 aliphatic carbocycles. The number of amides is 2. The van der Waals surface area contributed by atoms with Gasteiger partial charge >= 0.3 is 12.0 Å². The van der Waals surface area contributed by atoms with Crippen molar-refractivity contribution in [1.29, 1.82) is 0 Å². The van der Waals surface area contributed by atoms with Gasteiger partial charge < -0.3 is 20.6 Å². The van der Waals surface area contributed by atoms with E-state index >= 15 is 0 Å². The maximum absolute atomic E-state index is 11.7. The van der Waals surface area contributed by atoms with Gasteiger partial charge in [0.05, 0.1) is 6.42 Å². The third-order valence-electron chi connectivity index (χ3n) is 2.68. The summed E-state index contributed by atoms with van der Waals surface area (Å²) in [5, 5.41) is 14.4. The van der Waals surface area contributed by atoms with Crippen LogP contribution in [0.25, 0.3) is 0 Å². The predicted molar refractivity (Wildman–Crippen MR) is 79.8 cm³/mol. The molecule has 0 saturated carbocycles. The van der Waals surface area contributed by atoms with Crippen LogP contribution in [0, 0.1) is 5.41 Å². The van der Waals surface area contributed by atoms with Gasteiger partial charge in [0.15, 0.2) is 0 Å². The maximum Gasteiger partial charge on any atom is 0.315 e. The second kappa shape index (κ2) is 8.79. The molecular weight excluding hydrogens is 258 g/mol. The summed E-state index contributed by atoms with van der Waals surface area (Å²) in [6.45, 7) is 7.57. The van der Waals surface area contributed by atoms with Crippen LogP contribution in [-0.2, 0) is 4.79 Å². The molecule has 0 heterocycles. The molecule has 0 aromatic heterocycles. The summed E-state index contributed by atoms with van der Waals surface area (Å²) in [7, 11) is 3.96. The minimum Gasteiger partial charge on any atom is -0.481 e. The average Bonchev–Trinajstić information content (AvgIpc) is 2.20. The van der Waals surface area contributed by atoms with Crippen molar-refractivity contribution in [3.05, 3.63) is 0 Å². The lowest BCUT2D eigenvalue weighted by Crippen LogP contribution is -2.45. The summed E-state index contributed by atoms with van der Waals surface area (Å²) in [6.07, 6.45) is 1.44. The number of nitrogens with zero attached hydrogens (tertiary/aromatic N) is 1. The van der Waals surface area contributed by atoms with Crippen molar-refractivity contribution in [2.75, 3.05) is 27.2 Å². The van der Waals surface area contributed by atoms with Gasteiger partial charge in [0.2, 0.25) is 0 Å². The molecule has 0 rings (SSSR count). The van der Waals surface area contributed by atoms with Crippen LogP contribution in [0.15, 0.2) is 0 Å². The Kier molecular flexibility index (Phi) is 8.22. The van der Waals surface area contributed by atoms with Crippen LogP contribution in [-0.4, -0.2) is 55.2 Å². The van der Waals surface area contributed by atoms with E-state index in [2.05, 4.69) is 10.6 Å². The highest BCUT2D eigenvalue weighted by Gasteiger charge is 2.22. The summed E-state index contributed by atoms with van der Waals surface area (Å²) < 4.78 is 0. The first kappa shape index (κ1) is 18.7. The molecule has 0 aliphatic rings. The Morgan fingerprint density at radius 2 is 1.85 bits per heavy atom. The van der Waals surface area contributed by atoms with E-state index in [-0.39, 0.29) is 23.9 Å². The van der Waals surface area contributed by atoms with Gasteiger partial charge in [0.1, 0.15) is 0 Å². The molecule has 20 heavy (non-hydrogen) atoms. The lowest BCUT2D eigenvalue weighted by Gasteiger charge is -2.26. The molecule has 1 atom stereocenters. The van der Waals surface area contributed by atoms with Crippen molar-refractivity contribution < 1.29 is 14.7 Å². The molecule has 0 spiro atoms. The maximum atomic E-state index is 11.7. The van der Waals surface area contributed by atoms with E-state index in [4.69, 9.17) is 5.11 Å². The molecule has 0 radical (unpaired) electrons. The zero-order valence-electron chi connectivity index (χ0n) is 13.3. The number of carbonyl (C=O) groups is 2. The van der Waals surface area contributed by atoms with Gasteiger partial charge in [-0.1, -0.05) is 20.8 Å². The molecule has 0 fully saturated rings. The second-order valence-electron chi connectivity index (χ2n) is 6.62. The van der Waals surface area contributed by atoms with E-state index in [0.29, 0.717) is 13.0 Å². The van der Waals surface area contributed by atoms with Crippen LogP contribution < -0.4 is 10.6 Å². The Balaban J connectivity index is 4.15. The van der Waals surface area contributed by atoms with Gasteiger partial charge in [-0.15, -0.1) is 0 Å². The number of aliphatic carboxylic acids is 1. The van der Waals surface area contributed by atoms with Gasteiger partial charge in [-0.25, -0.2) is 4.79 Å². The van der Waals surface area contributed by atoms with Gasteiger partial charge in [0.25, 0.3) is 0 Å². The largest absolute Gasteiger partial charge is 0.481 e. The molecule has 0 bridgehead atoms. The molecule has 0 aliphatic heterocycles. The number of rotatable bonds is 8. The molecule has 6 nitrogen and oxygen atoms in total. The molecule has 1 unspecified atom stereocenters. The van der Waals surface area contributed by atoms with E-state index in [1.54, 1.807) is 0 Å². The van der Waals surface area contributed by atoms with E-state index in [1.165, 1.54) is 0 Å². The highest BCUT2D eigenvalue weighted by Crippen LogP contribution is 2.22. The molecule has 118 valence electrons. The van der Waals surface area contributed by atoms with Gasteiger partial charge in [-0.05, 0) is 38.9 Å². The number of carboxylic acid groups (broad SMARTS) is 1. The van der Waals surface area contributed by atoms with Crippen molar-refractivity contribution in [1.82, 2.24) is 15.5 Å². The van der Waals surface area contributed by atoms with Crippen LogP contribution in [0.5, 0.6) is 0 Å². The third-order valence-corrected chi connectivity index (χ3v) is 2.68. The quantitative estimate of drug-likeness (QED) is 0.591. The molecular formula is C14H29N3O3. The zero-order chi connectivity index (χ0) is 15.8. The van der Waals surface area contributed by atoms with Crippen LogP contribution in [0.3, 0.4) is 0 Å². The number of carbonyl (C=O) groups excluding carboxylic acids is 1. The van der Waals surface area contributed by atoms with Crippen molar-refractivity contribution >= 4 is 12.0 Å². The average molecular weight is 287 g/mol. The Labute approximate surface area is 121 Å². The van der Waals surface area contributed by atoms with E-state index < -0.39 is 5.97 Å². The minimum atomic E-state index is -0.896. The number of hydrogen-bond acceptors (Lipinski definition) is 3. The number of hydrogen-bond donors (Lipinski definition) is 3. The predicted octanol–water partition coefficient (Wildman–Crippen LogP) is 1.52. The van der Waals surface area contributed by atoms with Crippen LogP contribution >= 0.6 is 0 Å². The van der Waals surface area contributed by atoms with Gasteiger partial charge in [0, 0.05) is 12.6 Å². The van der Waals surface area contributed by atoms with Crippen molar-refractivity contribution in [2.24, 2.45) is 5.41 Å². The van der Waals surface area contributed by atoms with Crippen molar-refractivity contribution in [3.8, 4) is 0 Å². The lowest BCUT2D eigenvalue weighted by molar-refractivity contribution is -0.137. The van der Waals surface area contributed by atoms with Crippen molar-refractivity contribution in [3.63, 3.8) is 0 Å². The van der Waals surface area contributed by atoms with Crippen LogP contribution in [0.1, 0.15) is 40.0 Å². The SMILES string of the molecule is CN(C)CCCNC(=O)NC(CC(=O)O)CC(C)(C)C. The van der Waals surface area contributed by atoms with Gasteiger partial charge in [-0.2, -0.15) is 0 Å². The van der Waals surface area contributed by atoms with E-state index in [0.717, 1.165) is 13.0 Å². The van der Waals surface area contributed by atoms with Crippen LogP contribution in [0.4, 0.5) is 4.79 Å². The minimum absolute atomic E-state index is 0.0294. The highest BCUT2D eigenvalue weighted by molar-refractivity contribution is 5.75. The second-order valence-corrected chi connectivity index (χ2v) is 6.62. The fourth-order valence-electron chi connectivity index (χ4n) is 1.96. The molecule has 3 N–H and O–H groups in total. The molecule has 0 aromatic rings. The Morgan fingerprint density at radius 1 is 1.25 bits per heavy atom. The fourth-order valence-corrected chi connectivity index (χ4v) is 1.96. The van der Waals surface area contributed by atoms with E-state index in [9.17, 15) is 9.59 Å². The fraction of sp³-hybridized carbons (Fsp3) is 0.857. The topological polar surface area (TPSA) is 81.7 Å². The van der Waals surface area contributed by atoms with Gasteiger partial charge in [-0.3, -0.25) is 4.79 Å². The zero-order valence-corrected chi connectivity index (χ0v) is 13.3. The van der Waals surface area contributed by atoms with E-state index in [1.807, 2.05) is 39.8 Å². The third kappa shape index (κ3) is 11.8. The highest BCUT2D eigenvalue weighted by atomic mass is 16.4. The first-order chi connectivity index (χ1) is 9.10. The number of nitrogens with one attached hydrogen (secondary N) is 2. The first-order valence-electron chi connectivity index (χ1n) is 7.01. The number of carboxylic acids is 1. The molecule has 0 saturated heterocycles. The standard InChI is InChI=1S/C14H29N3O3/c1-14(2,3)10-11(9-12(18)19)16-13(20)15-7-6-8-17(4)5/h11H,6-10H2,1-5H3,(H,18,19)(H2,15,16,20). The smallest absolute Gasteiger partial charge is 0.315 e. The Bertz CT molecular complexity index is 311. The lowest BCUT2D eigenvalue weighted by atomic mass is 9.87. The summed E-state index contributed by atoms with van der Waals surface area (Å²) in [4.78, 5) is 24.6. The molecule has 2 amide bonds. The first-order valence-corrected chi connectivity index (χ1v) is 7.01. The normalized spacial score (nSPS) is 13.1. The van der Waals surface area contributed by atoms with Crippen molar-refractivity contribution in [2.45, 2.75) is 46.1 Å². The summed E-state index contributed by atoms with van der Waals surface area (Å²) >= 11 is 0. The summed E-state index contributed by atoms with van der Waals surface area (Å²) in [6, 6.07) is -0.638. The monoisotopic (exact) mass is 287 g/mol. The molecule has 0 aromatic carbocycles. The Hall–Kier alpha value is -1.30. The van der Waals surface area contributed by atoms with Crippen LogP contribution in [0.2, 0.25) is 0 Å².